The number of aliphatic hydroxyl groups excluding tert-OH is 1. The van der Waals surface area contributed by atoms with Crippen LogP contribution in [0, 0.1) is 11.8 Å². The molecule has 0 aromatic heterocycles. The zero-order valence-electron chi connectivity index (χ0n) is 25.1. The van der Waals surface area contributed by atoms with Gasteiger partial charge < -0.3 is 24.1 Å². The fourth-order valence-corrected chi connectivity index (χ4v) is 6.18. The lowest BCUT2D eigenvalue weighted by Gasteiger charge is -2.38. The molecule has 41 heavy (non-hydrogen) atoms. The van der Waals surface area contributed by atoms with E-state index in [-0.39, 0.29) is 36.9 Å². The summed E-state index contributed by atoms with van der Waals surface area (Å²) in [6.07, 6.45) is 12.9. The quantitative estimate of drug-likeness (QED) is 0.143. The van der Waals surface area contributed by atoms with E-state index in [4.69, 9.17) is 18.9 Å². The van der Waals surface area contributed by atoms with Gasteiger partial charge in [-0.05, 0) is 86.7 Å². The van der Waals surface area contributed by atoms with Gasteiger partial charge in [0.15, 0.2) is 0 Å². The average molecular weight is 571 g/mol. The molecule has 7 heteroatoms. The first-order chi connectivity index (χ1) is 19.9. The highest BCUT2D eigenvalue weighted by Gasteiger charge is 2.31. The number of hydrogen-bond acceptors (Lipinski definition) is 7. The van der Waals surface area contributed by atoms with Crippen LogP contribution in [-0.4, -0.2) is 63.3 Å². The third kappa shape index (κ3) is 10.4. The monoisotopic (exact) mass is 570 g/mol. The number of methoxy groups -OCH3 is 1. The summed E-state index contributed by atoms with van der Waals surface area (Å²) in [5, 5.41) is 9.17. The van der Waals surface area contributed by atoms with Gasteiger partial charge in [-0.15, -0.1) is 0 Å². The van der Waals surface area contributed by atoms with Crippen molar-refractivity contribution in [2.24, 2.45) is 11.8 Å². The minimum atomic E-state index is -0.668. The van der Waals surface area contributed by atoms with Crippen molar-refractivity contribution in [2.75, 3.05) is 40.1 Å². The van der Waals surface area contributed by atoms with E-state index >= 15 is 0 Å². The molecule has 228 valence electrons. The molecule has 0 bridgehead atoms. The normalized spacial score (nSPS) is 23.4. The van der Waals surface area contributed by atoms with Crippen LogP contribution in [0.2, 0.25) is 0 Å². The van der Waals surface area contributed by atoms with Crippen LogP contribution in [0.25, 0.3) is 0 Å². The highest BCUT2D eigenvalue weighted by molar-refractivity contribution is 5.88. The molecule has 2 aliphatic rings. The van der Waals surface area contributed by atoms with Gasteiger partial charge in [-0.1, -0.05) is 50.8 Å². The minimum absolute atomic E-state index is 0.00175. The fourth-order valence-electron chi connectivity index (χ4n) is 6.18. The van der Waals surface area contributed by atoms with Gasteiger partial charge in [-0.2, -0.15) is 0 Å². The number of hydrogen-bond donors (Lipinski definition) is 1. The van der Waals surface area contributed by atoms with Gasteiger partial charge in [0.2, 0.25) is 0 Å². The largest absolute Gasteiger partial charge is 0.461 e. The lowest BCUT2D eigenvalue weighted by Crippen LogP contribution is -2.28. The molecule has 2 aliphatic carbocycles. The molecule has 1 unspecified atom stereocenters. The second-order valence-corrected chi connectivity index (χ2v) is 11.7. The van der Waals surface area contributed by atoms with Crippen LogP contribution in [0.1, 0.15) is 94.1 Å². The molecule has 7 nitrogen and oxygen atoms in total. The number of esters is 2. The predicted molar refractivity (Wildman–Crippen MR) is 160 cm³/mol. The van der Waals surface area contributed by atoms with E-state index in [0.29, 0.717) is 12.0 Å². The van der Waals surface area contributed by atoms with Crippen LogP contribution in [0.5, 0.6) is 0 Å². The Labute approximate surface area is 246 Å². The van der Waals surface area contributed by atoms with Crippen LogP contribution in [0.4, 0.5) is 0 Å². The maximum atomic E-state index is 12.3. The van der Waals surface area contributed by atoms with Crippen molar-refractivity contribution in [3.8, 4) is 0 Å². The lowest BCUT2D eigenvalue weighted by atomic mass is 9.69. The number of aliphatic hydroxyl groups is 1. The molecule has 2 saturated carbocycles. The lowest BCUT2D eigenvalue weighted by molar-refractivity contribution is -0.143. The second kappa shape index (κ2) is 17.5. The van der Waals surface area contributed by atoms with E-state index < -0.39 is 18.5 Å². The van der Waals surface area contributed by atoms with Crippen LogP contribution >= 0.6 is 0 Å². The molecule has 3 rings (SSSR count). The van der Waals surface area contributed by atoms with Crippen LogP contribution < -0.4 is 0 Å². The Morgan fingerprint density at radius 3 is 1.98 bits per heavy atom. The molecule has 1 N–H and O–H groups in total. The van der Waals surface area contributed by atoms with Crippen LogP contribution in [0.3, 0.4) is 0 Å². The molecule has 2 fully saturated rings. The number of ether oxygens (including phenoxy) is 4. The molecule has 0 saturated heterocycles. The van der Waals surface area contributed by atoms with Crippen molar-refractivity contribution >= 4 is 11.9 Å². The van der Waals surface area contributed by atoms with Gasteiger partial charge in [-0.25, -0.2) is 9.59 Å². The van der Waals surface area contributed by atoms with Gasteiger partial charge in [0.25, 0.3) is 0 Å². The Morgan fingerprint density at radius 1 is 0.878 bits per heavy atom. The molecule has 0 aliphatic heterocycles. The maximum absolute atomic E-state index is 12.3. The molecule has 0 spiro atoms. The molecule has 1 aromatic rings. The third-order valence-electron chi connectivity index (χ3n) is 8.81. The number of carbonyl (C=O) groups excluding carboxylic acids is 2. The zero-order chi connectivity index (χ0) is 29.6. The third-order valence-corrected chi connectivity index (χ3v) is 8.81. The summed E-state index contributed by atoms with van der Waals surface area (Å²) < 4.78 is 21.8. The molecular formula is C34H50O7. The highest BCUT2D eigenvalue weighted by Crippen LogP contribution is 2.43. The average Bonchev–Trinajstić information content (AvgIpc) is 3.01. The smallest absolute Gasteiger partial charge is 0.335 e. The first-order valence-electron chi connectivity index (χ1n) is 15.4. The van der Waals surface area contributed by atoms with E-state index in [2.05, 4.69) is 32.2 Å². The Bertz CT molecular complexity index is 969. The SMILES string of the molecule is C=C(CO)C(=O)OCC(COC(=O)C(=C)COC)c1ccc(C2CCC(C3CCC(OCCCC)CC3)CC2)cc1. The van der Waals surface area contributed by atoms with Gasteiger partial charge in [0.05, 0.1) is 36.4 Å². The number of rotatable bonds is 16. The summed E-state index contributed by atoms with van der Waals surface area (Å²) in [7, 11) is 1.48. The van der Waals surface area contributed by atoms with Crippen molar-refractivity contribution in [1.29, 1.82) is 0 Å². The topological polar surface area (TPSA) is 91.3 Å². The summed E-state index contributed by atoms with van der Waals surface area (Å²) in [5.74, 6) is 0.645. The van der Waals surface area contributed by atoms with E-state index in [1.165, 1.54) is 70.5 Å². The van der Waals surface area contributed by atoms with Crippen LogP contribution in [-0.2, 0) is 28.5 Å². The summed E-state index contributed by atoms with van der Waals surface area (Å²) in [5.41, 5.74) is 2.44. The first-order valence-corrected chi connectivity index (χ1v) is 15.4. The zero-order valence-corrected chi connectivity index (χ0v) is 25.1. The van der Waals surface area contributed by atoms with E-state index in [1.54, 1.807) is 0 Å². The molecule has 0 amide bonds. The Morgan fingerprint density at radius 2 is 1.44 bits per heavy atom. The van der Waals surface area contributed by atoms with Gasteiger partial charge in [-0.3, -0.25) is 0 Å². The first kappa shape index (κ1) is 33.0. The van der Waals surface area contributed by atoms with Crippen LogP contribution in [0.15, 0.2) is 48.6 Å². The number of unbranched alkanes of at least 4 members (excludes halogenated alkanes) is 1. The van der Waals surface area contributed by atoms with Gasteiger partial charge in [0.1, 0.15) is 13.2 Å². The van der Waals surface area contributed by atoms with Crippen molar-refractivity contribution < 1.29 is 33.6 Å². The Balaban J connectivity index is 1.53. The van der Waals surface area contributed by atoms with Crippen molar-refractivity contribution in [2.45, 2.75) is 89.1 Å². The summed E-state index contributed by atoms with van der Waals surface area (Å²) in [6, 6.07) is 8.40. The number of benzene rings is 1. The Hall–Kier alpha value is -2.48. The minimum Gasteiger partial charge on any atom is -0.461 e. The molecule has 0 radical (unpaired) electrons. The summed E-state index contributed by atoms with van der Waals surface area (Å²) >= 11 is 0. The summed E-state index contributed by atoms with van der Waals surface area (Å²) in [6.45, 7) is 9.96. The Kier molecular flexibility index (Phi) is 14.1. The van der Waals surface area contributed by atoms with Crippen molar-refractivity contribution in [3.63, 3.8) is 0 Å². The molecule has 1 aromatic carbocycles. The van der Waals surface area contributed by atoms with E-state index in [0.717, 1.165) is 30.4 Å². The van der Waals surface area contributed by atoms with Crippen molar-refractivity contribution in [3.05, 3.63) is 59.7 Å². The van der Waals surface area contributed by atoms with Crippen molar-refractivity contribution in [1.82, 2.24) is 0 Å². The summed E-state index contributed by atoms with van der Waals surface area (Å²) in [4.78, 5) is 24.4. The van der Waals surface area contributed by atoms with Gasteiger partial charge in [0, 0.05) is 13.7 Å². The molecule has 1 atom stereocenters. The highest BCUT2D eigenvalue weighted by atomic mass is 16.5. The van der Waals surface area contributed by atoms with Gasteiger partial charge >= 0.3 is 11.9 Å². The molecule has 0 heterocycles. The van der Waals surface area contributed by atoms with E-state index in [1.807, 2.05) is 12.1 Å². The standard InChI is InChI=1S/C34H50O7/c1-5-6-19-39-32-17-15-29(16-18-32)28-9-7-26(8-10-28)27-11-13-30(14-12-27)31(22-40-33(36)24(2)20-35)23-41-34(37)25(3)21-38-4/h11-14,26,28-29,31-32,35H,2-3,5-10,15-23H2,1,4H3. The fraction of sp³-hybridized carbons (Fsp3) is 0.647. The second-order valence-electron chi connectivity index (χ2n) is 11.7. The van der Waals surface area contributed by atoms with E-state index in [9.17, 15) is 14.7 Å². The number of carbonyl (C=O) groups is 2. The predicted octanol–water partition coefficient (Wildman–Crippen LogP) is 6.26. The molecular weight excluding hydrogens is 520 g/mol. The maximum Gasteiger partial charge on any atom is 0.335 e.